The number of nitrogens with zero attached hydrogens (tertiary/aromatic N) is 5. The van der Waals surface area contributed by atoms with Gasteiger partial charge in [0.25, 0.3) is 0 Å². The molecule has 4 amide bonds. The smallest absolute Gasteiger partial charge is 0.410 e. The minimum atomic E-state index is -1.39. The van der Waals surface area contributed by atoms with E-state index < -0.39 is 46.7 Å². The lowest BCUT2D eigenvalue weighted by atomic mass is 9.90. The van der Waals surface area contributed by atoms with Crippen molar-refractivity contribution in [2.24, 2.45) is 28.3 Å². The SMILES string of the molecule is CCn1cc(C(=O)O)c(=O)c2cc(F)c(N3CCN(C(=O)OCc4ccc(NC(=O)[C@H](CCN=C(N)N)CC(=O)[C@@H](NC(=O)CCCC(=O)N(C)C)C(C)C)cc4)CC3)cc21. The molecule has 0 spiro atoms. The number of pyridine rings is 1. The molecule has 61 heavy (non-hydrogen) atoms. The number of nitrogens with two attached hydrogens (primary N) is 2. The molecule has 1 aliphatic rings. The molecule has 2 atom stereocenters. The fourth-order valence-corrected chi connectivity index (χ4v) is 6.88. The second-order valence-electron chi connectivity index (χ2n) is 15.4. The van der Waals surface area contributed by atoms with Crippen LogP contribution in [0.25, 0.3) is 10.9 Å². The number of carboxylic acid groups (broad SMARTS) is 1. The molecule has 1 fully saturated rings. The van der Waals surface area contributed by atoms with Gasteiger partial charge in [0.05, 0.1) is 17.2 Å². The molecule has 7 N–H and O–H groups in total. The molecule has 19 heteroatoms. The van der Waals surface area contributed by atoms with Crippen molar-refractivity contribution in [3.63, 3.8) is 0 Å². The number of aromatic carboxylic acids is 1. The molecule has 0 radical (unpaired) electrons. The second-order valence-corrected chi connectivity index (χ2v) is 15.4. The van der Waals surface area contributed by atoms with Gasteiger partial charge >= 0.3 is 12.1 Å². The molecule has 0 unspecified atom stereocenters. The number of guanidine groups is 1. The molecule has 2 aromatic carbocycles. The molecule has 2 heterocycles. The summed E-state index contributed by atoms with van der Waals surface area (Å²) >= 11 is 0. The number of ether oxygens (including phenoxy) is 1. The third-order valence-corrected chi connectivity index (χ3v) is 10.4. The summed E-state index contributed by atoms with van der Waals surface area (Å²) in [6.45, 7) is 6.77. The maximum atomic E-state index is 15.3. The van der Waals surface area contributed by atoms with E-state index >= 15 is 4.39 Å². The Morgan fingerprint density at radius 3 is 2.26 bits per heavy atom. The molecule has 0 saturated carbocycles. The van der Waals surface area contributed by atoms with Gasteiger partial charge in [0, 0.05) is 95.8 Å². The van der Waals surface area contributed by atoms with Crippen molar-refractivity contribution in [3.8, 4) is 0 Å². The fourth-order valence-electron chi connectivity index (χ4n) is 6.88. The number of fused-ring (bicyclic) bond motifs is 1. The van der Waals surface area contributed by atoms with Crippen LogP contribution in [0.4, 0.5) is 20.6 Å². The number of hydrogen-bond acceptors (Lipinski definition) is 10. The number of amides is 4. The van der Waals surface area contributed by atoms with E-state index in [0.717, 1.165) is 6.07 Å². The number of nitrogens with one attached hydrogen (secondary N) is 2. The Morgan fingerprint density at radius 1 is 1.00 bits per heavy atom. The first-order valence-corrected chi connectivity index (χ1v) is 20.1. The predicted molar refractivity (Wildman–Crippen MR) is 228 cm³/mol. The number of aromatic nitrogens is 1. The number of aryl methyl sites for hydroxylation is 1. The van der Waals surface area contributed by atoms with E-state index in [2.05, 4.69) is 15.6 Å². The Labute approximate surface area is 353 Å². The van der Waals surface area contributed by atoms with Gasteiger partial charge in [0.1, 0.15) is 18.0 Å². The lowest BCUT2D eigenvalue weighted by molar-refractivity contribution is -0.131. The van der Waals surface area contributed by atoms with Gasteiger partial charge in [-0.25, -0.2) is 14.0 Å². The minimum Gasteiger partial charge on any atom is -0.477 e. The Hall–Kier alpha value is -6.53. The van der Waals surface area contributed by atoms with Crippen molar-refractivity contribution in [2.45, 2.75) is 72.1 Å². The number of aliphatic imine (C=N–C) groups is 1. The fraction of sp³-hybridized carbons (Fsp3) is 0.476. The highest BCUT2D eigenvalue weighted by Crippen LogP contribution is 2.27. The summed E-state index contributed by atoms with van der Waals surface area (Å²) in [6, 6.07) is 8.35. The van der Waals surface area contributed by atoms with Gasteiger partial charge in [-0.1, -0.05) is 26.0 Å². The highest BCUT2D eigenvalue weighted by Gasteiger charge is 2.30. The summed E-state index contributed by atoms with van der Waals surface area (Å²) in [7, 11) is 3.27. The van der Waals surface area contributed by atoms with Gasteiger partial charge in [0.2, 0.25) is 23.2 Å². The number of carbonyl (C=O) groups is 6. The number of Topliss-reactive ketones (excluding diaryl/α,β-unsaturated/α-hetero) is 1. The number of ketones is 1. The standard InChI is InChI=1S/C42H56FN9O9/c1-6-50-23-30(40(58)59)38(56)29-21-31(43)33(22-32(29)50)51-16-18-52(19-17-51)42(60)61-24-26-10-12-28(13-11-26)47-39(57)27(14-15-46-41(44)45)20-34(53)37(25(2)3)48-35(54)8-7-9-36(55)49(4)5/h10-13,21-23,25,27,37H,6-9,14-20,24H2,1-5H3,(H,47,57)(H,48,54)(H,58,59)(H4,44,45,46)/t27-,37+/m1/s1. The molecule has 0 aliphatic carbocycles. The number of halogens is 1. The average molecular weight is 850 g/mol. The number of piperazine rings is 1. The minimum absolute atomic E-state index is 0.0290. The lowest BCUT2D eigenvalue weighted by Gasteiger charge is -2.35. The molecular weight excluding hydrogens is 794 g/mol. The van der Waals surface area contributed by atoms with Crippen molar-refractivity contribution in [1.82, 2.24) is 19.7 Å². The third kappa shape index (κ3) is 13.0. The third-order valence-electron chi connectivity index (χ3n) is 10.4. The first kappa shape index (κ1) is 47.2. The average Bonchev–Trinajstić information content (AvgIpc) is 3.21. The Morgan fingerprint density at radius 2 is 1.67 bits per heavy atom. The zero-order chi connectivity index (χ0) is 45.0. The van der Waals surface area contributed by atoms with Gasteiger partial charge in [0.15, 0.2) is 11.7 Å². The summed E-state index contributed by atoms with van der Waals surface area (Å²) < 4.78 is 22.5. The van der Waals surface area contributed by atoms with Gasteiger partial charge in [-0.05, 0) is 55.5 Å². The van der Waals surface area contributed by atoms with Crippen LogP contribution in [-0.2, 0) is 37.1 Å². The van der Waals surface area contributed by atoms with Crippen LogP contribution < -0.4 is 32.4 Å². The molecule has 0 bridgehead atoms. The van der Waals surface area contributed by atoms with Crippen LogP contribution >= 0.6 is 0 Å². The first-order valence-electron chi connectivity index (χ1n) is 20.1. The maximum Gasteiger partial charge on any atom is 0.410 e. The summed E-state index contributed by atoms with van der Waals surface area (Å²) in [5, 5.41) is 15.0. The number of rotatable bonds is 19. The summed E-state index contributed by atoms with van der Waals surface area (Å²) in [6.07, 6.45) is 1.24. The maximum absolute atomic E-state index is 15.3. The summed E-state index contributed by atoms with van der Waals surface area (Å²) in [4.78, 5) is 97.6. The van der Waals surface area contributed by atoms with Crippen LogP contribution in [0, 0.1) is 17.7 Å². The van der Waals surface area contributed by atoms with Gasteiger partial charge in [-0.2, -0.15) is 0 Å². The van der Waals surface area contributed by atoms with E-state index in [1.165, 1.54) is 22.1 Å². The van der Waals surface area contributed by atoms with Crippen molar-refractivity contribution in [2.75, 3.05) is 57.0 Å². The van der Waals surface area contributed by atoms with Crippen LogP contribution in [0.1, 0.15) is 68.8 Å². The molecular formula is C42H56FN9O9. The zero-order valence-corrected chi connectivity index (χ0v) is 35.2. The number of hydrogen-bond donors (Lipinski definition) is 5. The number of carbonyl (C=O) groups excluding carboxylic acids is 5. The largest absolute Gasteiger partial charge is 0.477 e. The van der Waals surface area contributed by atoms with Crippen LogP contribution in [0.2, 0.25) is 0 Å². The first-order chi connectivity index (χ1) is 28.9. The molecule has 18 nitrogen and oxygen atoms in total. The van der Waals surface area contributed by atoms with Gasteiger partial charge in [-0.3, -0.25) is 29.0 Å². The zero-order valence-electron chi connectivity index (χ0n) is 35.2. The number of benzene rings is 2. The highest BCUT2D eigenvalue weighted by molar-refractivity contribution is 5.97. The van der Waals surface area contributed by atoms with E-state index in [4.69, 9.17) is 16.2 Å². The van der Waals surface area contributed by atoms with Gasteiger partial charge < -0.3 is 51.2 Å². The van der Waals surface area contributed by atoms with Crippen LogP contribution in [0.3, 0.4) is 0 Å². The Bertz CT molecular complexity index is 2180. The summed E-state index contributed by atoms with van der Waals surface area (Å²) in [5.41, 5.74) is 11.5. The molecule has 1 aromatic heterocycles. The van der Waals surface area contributed by atoms with E-state index in [-0.39, 0.29) is 106 Å². The monoisotopic (exact) mass is 849 g/mol. The molecule has 4 rings (SSSR count). The Balaban J connectivity index is 1.31. The van der Waals surface area contributed by atoms with Crippen LogP contribution in [0.5, 0.6) is 0 Å². The molecule has 330 valence electrons. The summed E-state index contributed by atoms with van der Waals surface area (Å²) in [5.74, 6) is -4.59. The van der Waals surface area contributed by atoms with E-state index in [1.54, 1.807) is 68.6 Å². The second kappa shape index (κ2) is 21.6. The number of carboxylic acids is 1. The normalized spacial score (nSPS) is 13.6. The lowest BCUT2D eigenvalue weighted by Crippen LogP contribution is -2.49. The van der Waals surface area contributed by atoms with E-state index in [9.17, 15) is 38.7 Å². The van der Waals surface area contributed by atoms with Crippen molar-refractivity contribution in [3.05, 3.63) is 69.8 Å². The van der Waals surface area contributed by atoms with Crippen LogP contribution in [-0.4, -0.2) is 114 Å². The van der Waals surface area contributed by atoms with Crippen LogP contribution in [0.15, 0.2) is 52.4 Å². The van der Waals surface area contributed by atoms with E-state index in [0.29, 0.717) is 29.7 Å². The molecule has 3 aromatic rings. The quantitative estimate of drug-likeness (QED) is 0.0863. The molecule has 1 saturated heterocycles. The van der Waals surface area contributed by atoms with Gasteiger partial charge in [-0.15, -0.1) is 0 Å². The Kier molecular flexibility index (Phi) is 16.7. The van der Waals surface area contributed by atoms with E-state index in [1.807, 2.05) is 0 Å². The molecule has 1 aliphatic heterocycles. The number of anilines is 2. The topological polar surface area (TPSA) is 252 Å². The predicted octanol–water partition coefficient (Wildman–Crippen LogP) is 2.89. The van der Waals surface area contributed by atoms with Crippen molar-refractivity contribution in [1.29, 1.82) is 0 Å². The highest BCUT2D eigenvalue weighted by atomic mass is 19.1. The van der Waals surface area contributed by atoms with Crippen molar-refractivity contribution < 1.29 is 43.0 Å². The van der Waals surface area contributed by atoms with Crippen molar-refractivity contribution >= 4 is 63.8 Å².